The molecule has 1 aromatic carbocycles. The number of methoxy groups -OCH3 is 1. The summed E-state index contributed by atoms with van der Waals surface area (Å²) in [6, 6.07) is 7.53. The van der Waals surface area contributed by atoms with Gasteiger partial charge in [-0.3, -0.25) is 0 Å². The fraction of sp³-hybridized carbons (Fsp3) is 0.500. The quantitative estimate of drug-likeness (QED) is 0.838. The normalized spacial score (nSPS) is 16.5. The van der Waals surface area contributed by atoms with Crippen molar-refractivity contribution >= 4 is 9.84 Å². The van der Waals surface area contributed by atoms with Crippen LogP contribution in [0.1, 0.15) is 5.56 Å². The van der Waals surface area contributed by atoms with Gasteiger partial charge in [0.15, 0.2) is 9.84 Å². The van der Waals surface area contributed by atoms with Crippen molar-refractivity contribution in [2.45, 2.75) is 11.7 Å². The van der Waals surface area contributed by atoms with Gasteiger partial charge in [-0.1, -0.05) is 12.1 Å². The van der Waals surface area contributed by atoms with E-state index in [4.69, 9.17) is 4.74 Å². The molecule has 5 heteroatoms. The van der Waals surface area contributed by atoms with E-state index < -0.39 is 9.84 Å². The molecule has 0 amide bonds. The standard InChI is InChI=1S/C12H17NO3S/c1-16-11-4-2-10(3-5-11)6-7-17(14,15)12-8-13-9-12/h2-5,12-13H,6-9H2,1H3. The number of hydrogen-bond acceptors (Lipinski definition) is 4. The van der Waals surface area contributed by atoms with Gasteiger partial charge in [-0.15, -0.1) is 0 Å². The Morgan fingerprint density at radius 1 is 1.29 bits per heavy atom. The first-order chi connectivity index (χ1) is 8.12. The zero-order valence-corrected chi connectivity index (χ0v) is 10.7. The second kappa shape index (κ2) is 5.06. The van der Waals surface area contributed by atoms with Crippen LogP contribution >= 0.6 is 0 Å². The molecule has 17 heavy (non-hydrogen) atoms. The molecule has 1 aromatic rings. The zero-order chi connectivity index (χ0) is 12.3. The van der Waals surface area contributed by atoms with Gasteiger partial charge in [-0.05, 0) is 24.1 Å². The smallest absolute Gasteiger partial charge is 0.155 e. The molecule has 1 aliphatic heterocycles. The van der Waals surface area contributed by atoms with Crippen molar-refractivity contribution in [2.75, 3.05) is 26.0 Å². The summed E-state index contributed by atoms with van der Waals surface area (Å²) in [7, 11) is -1.32. The Morgan fingerprint density at radius 2 is 1.94 bits per heavy atom. The van der Waals surface area contributed by atoms with Crippen LogP contribution in [0.15, 0.2) is 24.3 Å². The summed E-state index contributed by atoms with van der Waals surface area (Å²) in [6.45, 7) is 1.20. The highest BCUT2D eigenvalue weighted by Crippen LogP contribution is 2.14. The fourth-order valence-electron chi connectivity index (χ4n) is 1.74. The molecule has 0 atom stereocenters. The Kier molecular flexibility index (Phi) is 3.69. The monoisotopic (exact) mass is 255 g/mol. The fourth-order valence-corrected chi connectivity index (χ4v) is 3.33. The van der Waals surface area contributed by atoms with Crippen LogP contribution in [0, 0.1) is 0 Å². The summed E-state index contributed by atoms with van der Waals surface area (Å²) in [5, 5.41) is 2.81. The number of benzene rings is 1. The van der Waals surface area contributed by atoms with Gasteiger partial charge < -0.3 is 10.1 Å². The molecule has 0 spiro atoms. The van der Waals surface area contributed by atoms with E-state index in [1.54, 1.807) is 7.11 Å². The van der Waals surface area contributed by atoms with Crippen molar-refractivity contribution in [1.82, 2.24) is 5.32 Å². The van der Waals surface area contributed by atoms with Crippen LogP contribution in [-0.4, -0.2) is 39.6 Å². The largest absolute Gasteiger partial charge is 0.497 e. The van der Waals surface area contributed by atoms with Crippen molar-refractivity contribution in [1.29, 1.82) is 0 Å². The molecule has 0 bridgehead atoms. The lowest BCUT2D eigenvalue weighted by Crippen LogP contribution is -2.52. The average Bonchev–Trinajstić information content (AvgIpc) is 2.24. The maximum absolute atomic E-state index is 11.8. The zero-order valence-electron chi connectivity index (χ0n) is 9.85. The van der Waals surface area contributed by atoms with Crippen molar-refractivity contribution in [2.24, 2.45) is 0 Å². The van der Waals surface area contributed by atoms with Gasteiger partial charge in [0.1, 0.15) is 5.75 Å². The maximum atomic E-state index is 11.8. The summed E-state index contributed by atoms with van der Waals surface area (Å²) in [5.41, 5.74) is 1.03. The van der Waals surface area contributed by atoms with E-state index >= 15 is 0 Å². The molecule has 0 unspecified atom stereocenters. The minimum absolute atomic E-state index is 0.180. The Hall–Kier alpha value is -1.07. The molecule has 0 aromatic heterocycles. The Bertz CT molecular complexity index is 463. The molecule has 0 aliphatic carbocycles. The first-order valence-corrected chi connectivity index (χ1v) is 7.38. The SMILES string of the molecule is COc1ccc(CCS(=O)(=O)C2CNC2)cc1. The van der Waals surface area contributed by atoms with E-state index in [1.165, 1.54) is 0 Å². The first-order valence-electron chi connectivity index (χ1n) is 5.67. The summed E-state index contributed by atoms with van der Waals surface area (Å²) in [4.78, 5) is 0. The third kappa shape index (κ3) is 2.98. The molecule has 1 heterocycles. The van der Waals surface area contributed by atoms with Crippen LogP contribution < -0.4 is 10.1 Å². The summed E-state index contributed by atoms with van der Waals surface area (Å²) in [5.74, 6) is 1.02. The molecular formula is C12H17NO3S. The van der Waals surface area contributed by atoms with E-state index in [2.05, 4.69) is 5.32 Å². The van der Waals surface area contributed by atoms with Crippen LogP contribution in [0.4, 0.5) is 0 Å². The van der Waals surface area contributed by atoms with Gasteiger partial charge >= 0.3 is 0 Å². The van der Waals surface area contributed by atoms with Gasteiger partial charge in [0.25, 0.3) is 0 Å². The molecule has 0 saturated carbocycles. The molecule has 94 valence electrons. The lowest BCUT2D eigenvalue weighted by molar-refractivity contribution is 0.414. The molecule has 0 radical (unpaired) electrons. The second-order valence-electron chi connectivity index (χ2n) is 4.25. The lowest BCUT2D eigenvalue weighted by Gasteiger charge is -2.26. The minimum atomic E-state index is -2.93. The Labute approximate surface area is 102 Å². The Balaban J connectivity index is 1.92. The highest BCUT2D eigenvalue weighted by atomic mass is 32.2. The van der Waals surface area contributed by atoms with Crippen molar-refractivity contribution in [3.8, 4) is 5.75 Å². The predicted octanol–water partition coefficient (Wildman–Crippen LogP) is 0.624. The molecule has 1 N–H and O–H groups in total. The maximum Gasteiger partial charge on any atom is 0.155 e. The van der Waals surface area contributed by atoms with E-state index in [9.17, 15) is 8.42 Å². The average molecular weight is 255 g/mol. The molecule has 1 aliphatic rings. The van der Waals surface area contributed by atoms with Gasteiger partial charge in [0.2, 0.25) is 0 Å². The number of rotatable bonds is 5. The predicted molar refractivity (Wildman–Crippen MR) is 67.1 cm³/mol. The van der Waals surface area contributed by atoms with Crippen LogP contribution in [0.3, 0.4) is 0 Å². The van der Waals surface area contributed by atoms with Crippen molar-refractivity contribution < 1.29 is 13.2 Å². The van der Waals surface area contributed by atoms with Gasteiger partial charge in [-0.2, -0.15) is 0 Å². The van der Waals surface area contributed by atoms with E-state index in [0.29, 0.717) is 19.5 Å². The highest BCUT2D eigenvalue weighted by molar-refractivity contribution is 7.92. The Morgan fingerprint density at radius 3 is 2.41 bits per heavy atom. The second-order valence-corrected chi connectivity index (χ2v) is 6.65. The minimum Gasteiger partial charge on any atom is -0.497 e. The van der Waals surface area contributed by atoms with Crippen LogP contribution in [0.5, 0.6) is 5.75 Å². The van der Waals surface area contributed by atoms with Crippen LogP contribution in [0.2, 0.25) is 0 Å². The molecule has 1 fully saturated rings. The molecule has 1 saturated heterocycles. The summed E-state index contributed by atoms with van der Waals surface area (Å²) >= 11 is 0. The third-order valence-electron chi connectivity index (χ3n) is 3.09. The molecule has 4 nitrogen and oxygen atoms in total. The van der Waals surface area contributed by atoms with Crippen molar-refractivity contribution in [3.05, 3.63) is 29.8 Å². The first kappa shape index (κ1) is 12.4. The van der Waals surface area contributed by atoms with Crippen LogP contribution in [-0.2, 0) is 16.3 Å². The number of aryl methyl sites for hydroxylation is 1. The van der Waals surface area contributed by atoms with Crippen molar-refractivity contribution in [3.63, 3.8) is 0 Å². The summed E-state index contributed by atoms with van der Waals surface area (Å²) in [6.07, 6.45) is 0.572. The molecular weight excluding hydrogens is 238 g/mol. The number of hydrogen-bond donors (Lipinski definition) is 1. The van der Waals surface area contributed by atoms with Gasteiger partial charge in [-0.25, -0.2) is 8.42 Å². The van der Waals surface area contributed by atoms with E-state index in [-0.39, 0.29) is 11.0 Å². The topological polar surface area (TPSA) is 55.4 Å². The number of nitrogens with one attached hydrogen (secondary N) is 1. The number of sulfone groups is 1. The lowest BCUT2D eigenvalue weighted by atomic mass is 10.2. The summed E-state index contributed by atoms with van der Waals surface area (Å²) < 4.78 is 28.7. The highest BCUT2D eigenvalue weighted by Gasteiger charge is 2.30. The van der Waals surface area contributed by atoms with Gasteiger partial charge in [0, 0.05) is 13.1 Å². The third-order valence-corrected chi connectivity index (χ3v) is 5.21. The van der Waals surface area contributed by atoms with Crippen LogP contribution in [0.25, 0.3) is 0 Å². The molecule has 2 rings (SSSR count). The van der Waals surface area contributed by atoms with Gasteiger partial charge in [0.05, 0.1) is 18.1 Å². The number of ether oxygens (including phenoxy) is 1. The van der Waals surface area contributed by atoms with E-state index in [1.807, 2.05) is 24.3 Å². The van der Waals surface area contributed by atoms with E-state index in [0.717, 1.165) is 11.3 Å².